The van der Waals surface area contributed by atoms with Crippen molar-refractivity contribution >= 4 is 119 Å². The van der Waals surface area contributed by atoms with Gasteiger partial charge in [0.15, 0.2) is 0 Å². The van der Waals surface area contributed by atoms with Crippen molar-refractivity contribution in [3.05, 3.63) is 276 Å². The van der Waals surface area contributed by atoms with Crippen molar-refractivity contribution < 1.29 is 8.83 Å². The van der Waals surface area contributed by atoms with Gasteiger partial charge >= 0.3 is 0 Å². The van der Waals surface area contributed by atoms with E-state index in [4.69, 9.17) is 8.83 Å². The lowest BCUT2D eigenvalue weighted by Crippen LogP contribution is -1.94. The minimum absolute atomic E-state index is 0.904. The number of furan rings is 2. The summed E-state index contributed by atoms with van der Waals surface area (Å²) in [6.07, 6.45) is 0. The summed E-state index contributed by atoms with van der Waals surface area (Å²) in [5.74, 6) is 0. The van der Waals surface area contributed by atoms with Crippen LogP contribution < -0.4 is 0 Å². The molecule has 0 spiro atoms. The molecule has 0 atom stereocenters. The van der Waals surface area contributed by atoms with Crippen molar-refractivity contribution in [3.63, 3.8) is 0 Å². The minimum atomic E-state index is 0.904. The van der Waals surface area contributed by atoms with Crippen LogP contribution in [0.25, 0.3) is 143 Å². The minimum Gasteiger partial charge on any atom is -0.456 e. The first-order valence-electron chi connectivity index (χ1n) is 26.1. The Balaban J connectivity index is 0.000000136. The third-order valence-corrected chi connectivity index (χ3v) is 16.4. The predicted octanol–water partition coefficient (Wildman–Crippen LogP) is 21.6. The van der Waals surface area contributed by atoms with Crippen molar-refractivity contribution in [1.82, 2.24) is 9.13 Å². The normalized spacial score (nSPS) is 11.7. The molecule has 6 heteroatoms. The zero-order valence-electron chi connectivity index (χ0n) is 41.9. The van der Waals surface area contributed by atoms with Crippen molar-refractivity contribution in [1.29, 1.82) is 0 Å². The molecule has 0 saturated carbocycles. The summed E-state index contributed by atoms with van der Waals surface area (Å²) in [5.41, 5.74) is 20.3. The average Bonchev–Trinajstić information content (AvgIpc) is 4.30. The molecule has 0 bridgehead atoms. The SMILES string of the molecule is Brc1ccc(-c2cccc(-c3ccc4c(c3)c3ccccc3n4-c3ccc4oc5ccccc5c4c3)c2)cc1.Brc1ccc(-c2cccc(-c3ccc4c(c3)c3ccccc3n4-c3cccc4oc5ccccc5c34)c2)cc1. The van der Waals surface area contributed by atoms with Crippen molar-refractivity contribution in [2.75, 3.05) is 0 Å². The van der Waals surface area contributed by atoms with Crippen LogP contribution in [0.3, 0.4) is 0 Å². The lowest BCUT2D eigenvalue weighted by Gasteiger charge is -2.10. The van der Waals surface area contributed by atoms with Gasteiger partial charge in [0.25, 0.3) is 0 Å². The first kappa shape index (κ1) is 46.1. The number of hydrogen-bond donors (Lipinski definition) is 0. The molecule has 0 aliphatic heterocycles. The van der Waals surface area contributed by atoms with E-state index < -0.39 is 0 Å². The van der Waals surface area contributed by atoms with E-state index >= 15 is 0 Å². The number of rotatable bonds is 6. The van der Waals surface area contributed by atoms with Gasteiger partial charge < -0.3 is 18.0 Å². The van der Waals surface area contributed by atoms with Gasteiger partial charge in [-0.3, -0.25) is 0 Å². The summed E-state index contributed by atoms with van der Waals surface area (Å²) in [6, 6.07) is 95.0. The molecule has 4 nitrogen and oxygen atoms in total. The first-order valence-corrected chi connectivity index (χ1v) is 27.7. The summed E-state index contributed by atoms with van der Waals surface area (Å²) in [4.78, 5) is 0. The fraction of sp³-hybridized carbons (Fsp3) is 0. The molecule has 0 fully saturated rings. The monoisotopic (exact) mass is 1130 g/mol. The molecule has 0 aliphatic rings. The van der Waals surface area contributed by atoms with Crippen molar-refractivity contribution in [2.24, 2.45) is 0 Å². The van der Waals surface area contributed by atoms with E-state index in [1.165, 1.54) is 88.1 Å². The van der Waals surface area contributed by atoms with Crippen LogP contribution in [0.2, 0.25) is 0 Å². The molecule has 4 aromatic heterocycles. The lowest BCUT2D eigenvalue weighted by molar-refractivity contribution is 0.668. The second-order valence-corrected chi connectivity index (χ2v) is 21.7. The predicted molar refractivity (Wildman–Crippen MR) is 333 cm³/mol. The molecule has 16 rings (SSSR count). The summed E-state index contributed by atoms with van der Waals surface area (Å²) < 4.78 is 19.3. The molecule has 0 saturated heterocycles. The largest absolute Gasteiger partial charge is 0.456 e. The summed E-state index contributed by atoms with van der Waals surface area (Å²) >= 11 is 7.09. The number of nitrogens with zero attached hydrogens (tertiary/aromatic N) is 2. The van der Waals surface area contributed by atoms with Gasteiger partial charge in [-0.2, -0.15) is 0 Å². The molecule has 16 aromatic rings. The third kappa shape index (κ3) is 7.86. The summed E-state index contributed by atoms with van der Waals surface area (Å²) in [6.45, 7) is 0. The molecule has 368 valence electrons. The van der Waals surface area contributed by atoms with Gasteiger partial charge in [0.2, 0.25) is 0 Å². The van der Waals surface area contributed by atoms with Gasteiger partial charge in [-0.05, 0) is 160 Å². The lowest BCUT2D eigenvalue weighted by atomic mass is 9.98. The molecule has 0 amide bonds. The Hall–Kier alpha value is -9.20. The van der Waals surface area contributed by atoms with Crippen molar-refractivity contribution in [2.45, 2.75) is 0 Å². The fourth-order valence-corrected chi connectivity index (χ4v) is 12.2. The van der Waals surface area contributed by atoms with Crippen LogP contribution in [-0.4, -0.2) is 9.13 Å². The third-order valence-electron chi connectivity index (χ3n) is 15.3. The van der Waals surface area contributed by atoms with E-state index in [-0.39, 0.29) is 0 Å². The fourth-order valence-electron chi connectivity index (χ4n) is 11.7. The maximum atomic E-state index is 6.23. The Kier molecular flexibility index (Phi) is 11.1. The van der Waals surface area contributed by atoms with Gasteiger partial charge in [-0.25, -0.2) is 0 Å². The van der Waals surface area contributed by atoms with E-state index in [0.717, 1.165) is 64.2 Å². The standard InChI is InChI=1S/2C36H22BrNO/c37-27-18-15-23(16-19-27)24-7-5-8-25(21-24)26-17-20-32-30(22-26)28-9-1-3-11-31(28)38(32)33-12-6-14-35-36(33)29-10-2-4-13-34(29)39-35;37-27-15-12-23(13-16-27)24-6-5-7-25(20-24)26-14-18-34-31(21-26)29-8-1-3-10-33(29)38(34)28-17-19-36-32(22-28)30-9-2-4-11-35(30)39-36/h2*1-22H. The highest BCUT2D eigenvalue weighted by atomic mass is 79.9. The molecule has 0 unspecified atom stereocenters. The molecule has 0 radical (unpaired) electrons. The second-order valence-electron chi connectivity index (χ2n) is 19.9. The second kappa shape index (κ2) is 18.8. The average molecular weight is 1130 g/mol. The quantitative estimate of drug-likeness (QED) is 0.166. The van der Waals surface area contributed by atoms with Crippen LogP contribution in [0.4, 0.5) is 0 Å². The van der Waals surface area contributed by atoms with Crippen LogP contribution >= 0.6 is 31.9 Å². The van der Waals surface area contributed by atoms with Crippen LogP contribution in [0.5, 0.6) is 0 Å². The molecule has 0 aliphatic carbocycles. The highest BCUT2D eigenvalue weighted by molar-refractivity contribution is 9.10. The Labute approximate surface area is 465 Å². The zero-order chi connectivity index (χ0) is 51.8. The number of fused-ring (bicyclic) bond motifs is 12. The van der Waals surface area contributed by atoms with Crippen LogP contribution in [0, 0.1) is 0 Å². The van der Waals surface area contributed by atoms with E-state index in [1.807, 2.05) is 24.3 Å². The molecular weight excluding hydrogens is 1080 g/mol. The molecule has 78 heavy (non-hydrogen) atoms. The first-order chi connectivity index (χ1) is 38.5. The Morgan fingerprint density at radius 2 is 0.654 bits per heavy atom. The van der Waals surface area contributed by atoms with Crippen molar-refractivity contribution in [3.8, 4) is 55.9 Å². The molecule has 0 N–H and O–H groups in total. The Morgan fingerprint density at radius 3 is 1.26 bits per heavy atom. The van der Waals surface area contributed by atoms with Crippen LogP contribution in [0.15, 0.2) is 285 Å². The maximum absolute atomic E-state index is 6.23. The van der Waals surface area contributed by atoms with Crippen LogP contribution in [-0.2, 0) is 0 Å². The number of aromatic nitrogens is 2. The van der Waals surface area contributed by atoms with Gasteiger partial charge in [-0.1, -0.05) is 184 Å². The highest BCUT2D eigenvalue weighted by Gasteiger charge is 2.19. The van der Waals surface area contributed by atoms with E-state index in [0.29, 0.717) is 0 Å². The van der Waals surface area contributed by atoms with Gasteiger partial charge in [0, 0.05) is 52.3 Å². The van der Waals surface area contributed by atoms with Gasteiger partial charge in [0.1, 0.15) is 22.3 Å². The summed E-state index contributed by atoms with van der Waals surface area (Å²) in [7, 11) is 0. The molecule has 4 heterocycles. The molecule has 12 aromatic carbocycles. The Bertz CT molecular complexity index is 5000. The van der Waals surface area contributed by atoms with E-state index in [1.54, 1.807) is 0 Å². The highest BCUT2D eigenvalue weighted by Crippen LogP contribution is 2.42. The van der Waals surface area contributed by atoms with Gasteiger partial charge in [-0.15, -0.1) is 0 Å². The smallest absolute Gasteiger partial charge is 0.137 e. The Morgan fingerprint density at radius 1 is 0.244 bits per heavy atom. The summed E-state index contributed by atoms with van der Waals surface area (Å²) in [5, 5.41) is 9.52. The number of hydrogen-bond acceptors (Lipinski definition) is 2. The topological polar surface area (TPSA) is 36.1 Å². The molecular formula is C72H44Br2N2O2. The number of benzene rings is 12. The number of para-hydroxylation sites is 4. The van der Waals surface area contributed by atoms with E-state index in [9.17, 15) is 0 Å². The number of halogens is 2. The van der Waals surface area contributed by atoms with Gasteiger partial charge in [0.05, 0.1) is 33.1 Å². The van der Waals surface area contributed by atoms with E-state index in [2.05, 4.69) is 284 Å². The maximum Gasteiger partial charge on any atom is 0.137 e. The zero-order valence-corrected chi connectivity index (χ0v) is 45.0. The van der Waals surface area contributed by atoms with Crippen LogP contribution in [0.1, 0.15) is 0 Å².